The fourth-order valence-corrected chi connectivity index (χ4v) is 4.61. The van der Waals surface area contributed by atoms with Crippen LogP contribution in [0.4, 0.5) is 0 Å². The van der Waals surface area contributed by atoms with Crippen molar-refractivity contribution in [1.82, 2.24) is 4.90 Å². The minimum atomic E-state index is -0.973. The molecule has 2 fully saturated rings. The Morgan fingerprint density at radius 1 is 1.12 bits per heavy atom. The summed E-state index contributed by atoms with van der Waals surface area (Å²) in [5.74, 6) is 2.16. The Hall–Kier alpha value is -2.22. The Kier molecular flexibility index (Phi) is 7.95. The number of hydrogen-bond acceptors (Lipinski definition) is 6. The molecule has 172 valence electrons. The monoisotopic (exact) mass is 457 g/mol. The summed E-state index contributed by atoms with van der Waals surface area (Å²) < 4.78 is 16.9. The van der Waals surface area contributed by atoms with Crippen LogP contribution >= 0.6 is 11.8 Å². The standard InChI is InChI=1S/C25H31NO5S/c1-18-10-23(4-5-24(18)31-16-25(27)28)32-17-21-11-20(14-26-6-8-29-9-7-26)12-22(13-21)30-15-19-2-3-19/h4-5,10-13,19H,2-3,6-9,14-17H2,1H3,(H,27,28). The summed E-state index contributed by atoms with van der Waals surface area (Å²) in [7, 11) is 0. The first-order valence-electron chi connectivity index (χ1n) is 11.2. The summed E-state index contributed by atoms with van der Waals surface area (Å²) in [5.41, 5.74) is 3.46. The lowest BCUT2D eigenvalue weighted by Crippen LogP contribution is -2.35. The molecule has 0 aromatic heterocycles. The van der Waals surface area contributed by atoms with Crippen molar-refractivity contribution in [3.05, 3.63) is 53.1 Å². The third-order valence-corrected chi connectivity index (χ3v) is 6.69. The number of ether oxygens (including phenoxy) is 3. The molecule has 1 heterocycles. The molecule has 6 nitrogen and oxygen atoms in total. The number of carboxylic acids is 1. The first kappa shape index (κ1) is 23.0. The molecular formula is C25H31NO5S. The lowest BCUT2D eigenvalue weighted by Gasteiger charge is -2.27. The number of rotatable bonds is 11. The Balaban J connectivity index is 1.41. The SMILES string of the molecule is Cc1cc(SCc2cc(CN3CCOCC3)cc(OCC3CC3)c2)ccc1OCC(=O)O. The first-order chi connectivity index (χ1) is 15.5. The second kappa shape index (κ2) is 11.1. The highest BCUT2D eigenvalue weighted by molar-refractivity contribution is 7.98. The zero-order valence-corrected chi connectivity index (χ0v) is 19.4. The maximum Gasteiger partial charge on any atom is 0.341 e. The van der Waals surface area contributed by atoms with Gasteiger partial charge in [0.1, 0.15) is 11.5 Å². The molecule has 0 radical (unpaired) electrons. The van der Waals surface area contributed by atoms with Crippen LogP contribution in [0, 0.1) is 12.8 Å². The molecule has 1 aliphatic carbocycles. The quantitative estimate of drug-likeness (QED) is 0.503. The molecule has 1 saturated carbocycles. The molecule has 7 heteroatoms. The Morgan fingerprint density at radius 3 is 2.62 bits per heavy atom. The number of nitrogens with zero attached hydrogens (tertiary/aromatic N) is 1. The van der Waals surface area contributed by atoms with Crippen LogP contribution in [-0.4, -0.2) is 55.5 Å². The summed E-state index contributed by atoms with van der Waals surface area (Å²) in [6.45, 7) is 6.86. The molecule has 1 saturated heterocycles. The van der Waals surface area contributed by atoms with E-state index in [1.807, 2.05) is 25.1 Å². The number of aliphatic carboxylic acids is 1. The van der Waals surface area contributed by atoms with Gasteiger partial charge in [-0.1, -0.05) is 6.07 Å². The normalized spacial score (nSPS) is 16.7. The molecule has 2 aromatic rings. The fourth-order valence-electron chi connectivity index (χ4n) is 3.68. The maximum absolute atomic E-state index is 10.7. The predicted octanol–water partition coefficient (Wildman–Crippen LogP) is 4.37. The summed E-state index contributed by atoms with van der Waals surface area (Å²) in [6, 6.07) is 12.5. The highest BCUT2D eigenvalue weighted by Gasteiger charge is 2.22. The number of carbonyl (C=O) groups is 1. The molecule has 4 rings (SSSR count). The molecule has 32 heavy (non-hydrogen) atoms. The van der Waals surface area contributed by atoms with Crippen molar-refractivity contribution < 1.29 is 24.1 Å². The van der Waals surface area contributed by atoms with Crippen molar-refractivity contribution in [3.63, 3.8) is 0 Å². The highest BCUT2D eigenvalue weighted by atomic mass is 32.2. The Labute approximate surface area is 193 Å². The minimum Gasteiger partial charge on any atom is -0.493 e. The molecular weight excluding hydrogens is 426 g/mol. The van der Waals surface area contributed by atoms with Gasteiger partial charge in [-0.25, -0.2) is 4.79 Å². The van der Waals surface area contributed by atoms with E-state index in [1.165, 1.54) is 24.0 Å². The van der Waals surface area contributed by atoms with Gasteiger partial charge in [0, 0.05) is 30.3 Å². The largest absolute Gasteiger partial charge is 0.493 e. The van der Waals surface area contributed by atoms with E-state index in [1.54, 1.807) is 11.8 Å². The van der Waals surface area contributed by atoms with Gasteiger partial charge in [-0.05, 0) is 72.7 Å². The van der Waals surface area contributed by atoms with E-state index in [0.29, 0.717) is 5.75 Å². The van der Waals surface area contributed by atoms with Crippen molar-refractivity contribution in [1.29, 1.82) is 0 Å². The van der Waals surface area contributed by atoms with E-state index in [4.69, 9.17) is 19.3 Å². The van der Waals surface area contributed by atoms with Gasteiger partial charge in [-0.3, -0.25) is 4.90 Å². The zero-order chi connectivity index (χ0) is 22.3. The van der Waals surface area contributed by atoms with Gasteiger partial charge in [-0.15, -0.1) is 11.8 Å². The van der Waals surface area contributed by atoms with Gasteiger partial charge in [0.15, 0.2) is 6.61 Å². The van der Waals surface area contributed by atoms with Crippen LogP contribution in [0.25, 0.3) is 0 Å². The second-order valence-electron chi connectivity index (χ2n) is 8.53. The van der Waals surface area contributed by atoms with E-state index in [2.05, 4.69) is 23.1 Å². The average molecular weight is 458 g/mol. The van der Waals surface area contributed by atoms with Gasteiger partial charge >= 0.3 is 5.97 Å². The third-order valence-electron chi connectivity index (χ3n) is 5.62. The summed E-state index contributed by atoms with van der Waals surface area (Å²) in [4.78, 5) is 14.3. The number of benzene rings is 2. The van der Waals surface area contributed by atoms with Crippen LogP contribution in [0.5, 0.6) is 11.5 Å². The van der Waals surface area contributed by atoms with E-state index in [0.717, 1.165) is 67.3 Å². The molecule has 1 aliphatic heterocycles. The molecule has 0 spiro atoms. The number of carboxylic acid groups (broad SMARTS) is 1. The summed E-state index contributed by atoms with van der Waals surface area (Å²) in [5, 5.41) is 8.80. The summed E-state index contributed by atoms with van der Waals surface area (Å²) in [6.07, 6.45) is 2.56. The molecule has 0 atom stereocenters. The molecule has 1 N–H and O–H groups in total. The topological polar surface area (TPSA) is 68.2 Å². The van der Waals surface area contributed by atoms with E-state index in [9.17, 15) is 4.79 Å². The zero-order valence-electron chi connectivity index (χ0n) is 18.5. The fraction of sp³-hybridized carbons (Fsp3) is 0.480. The van der Waals surface area contributed by atoms with Crippen LogP contribution in [0.1, 0.15) is 29.5 Å². The smallest absolute Gasteiger partial charge is 0.341 e. The van der Waals surface area contributed by atoms with Crippen molar-refractivity contribution >= 4 is 17.7 Å². The van der Waals surface area contributed by atoms with Crippen LogP contribution in [0.15, 0.2) is 41.3 Å². The van der Waals surface area contributed by atoms with Crippen molar-refractivity contribution in [2.45, 2.75) is 37.0 Å². The van der Waals surface area contributed by atoms with E-state index in [-0.39, 0.29) is 6.61 Å². The van der Waals surface area contributed by atoms with Crippen LogP contribution in [0.2, 0.25) is 0 Å². The lowest BCUT2D eigenvalue weighted by molar-refractivity contribution is -0.139. The minimum absolute atomic E-state index is 0.326. The predicted molar refractivity (Wildman–Crippen MR) is 125 cm³/mol. The number of morpholine rings is 1. The molecule has 0 amide bonds. The van der Waals surface area contributed by atoms with Crippen molar-refractivity contribution in [2.75, 3.05) is 39.5 Å². The van der Waals surface area contributed by atoms with Gasteiger partial charge < -0.3 is 19.3 Å². The van der Waals surface area contributed by atoms with Gasteiger partial charge in [-0.2, -0.15) is 0 Å². The number of thioether (sulfide) groups is 1. The van der Waals surface area contributed by atoms with Crippen LogP contribution in [0.3, 0.4) is 0 Å². The Morgan fingerprint density at radius 2 is 1.91 bits per heavy atom. The van der Waals surface area contributed by atoms with Crippen molar-refractivity contribution in [3.8, 4) is 11.5 Å². The molecule has 0 unspecified atom stereocenters. The van der Waals surface area contributed by atoms with Crippen LogP contribution < -0.4 is 9.47 Å². The van der Waals surface area contributed by atoms with E-state index < -0.39 is 5.97 Å². The van der Waals surface area contributed by atoms with E-state index >= 15 is 0 Å². The average Bonchev–Trinajstić information content (AvgIpc) is 3.61. The van der Waals surface area contributed by atoms with Crippen molar-refractivity contribution in [2.24, 2.45) is 5.92 Å². The number of aryl methyl sites for hydroxylation is 1. The highest BCUT2D eigenvalue weighted by Crippen LogP contribution is 2.32. The molecule has 2 aromatic carbocycles. The third kappa shape index (κ3) is 7.15. The van der Waals surface area contributed by atoms with Gasteiger partial charge in [0.25, 0.3) is 0 Å². The molecule has 0 bridgehead atoms. The molecule has 2 aliphatic rings. The van der Waals surface area contributed by atoms with Gasteiger partial charge in [0.2, 0.25) is 0 Å². The van der Waals surface area contributed by atoms with Gasteiger partial charge in [0.05, 0.1) is 19.8 Å². The number of hydrogen-bond donors (Lipinski definition) is 1. The maximum atomic E-state index is 10.7. The lowest BCUT2D eigenvalue weighted by atomic mass is 10.1. The summed E-state index contributed by atoms with van der Waals surface area (Å²) >= 11 is 1.76. The second-order valence-corrected chi connectivity index (χ2v) is 9.58. The van der Waals surface area contributed by atoms with Crippen LogP contribution in [-0.2, 0) is 21.8 Å². The Bertz CT molecular complexity index is 925. The first-order valence-corrected chi connectivity index (χ1v) is 12.2.